The molecule has 2 aliphatic rings. The summed E-state index contributed by atoms with van der Waals surface area (Å²) in [5, 5.41) is 11.1. The molecule has 5 heteroatoms. The molecule has 1 aromatic heterocycles. The van der Waals surface area contributed by atoms with Gasteiger partial charge in [0.05, 0.1) is 17.4 Å². The van der Waals surface area contributed by atoms with Crippen molar-refractivity contribution in [3.8, 4) is 11.3 Å². The molecule has 2 heterocycles. The lowest BCUT2D eigenvalue weighted by atomic mass is 9.77. The molecule has 0 spiro atoms. The van der Waals surface area contributed by atoms with Crippen molar-refractivity contribution in [2.45, 2.75) is 18.9 Å². The summed E-state index contributed by atoms with van der Waals surface area (Å²) in [6.45, 7) is 0. The number of anilines is 1. The van der Waals surface area contributed by atoms with Gasteiger partial charge in [-0.3, -0.25) is 0 Å². The highest BCUT2D eigenvalue weighted by molar-refractivity contribution is 7.14. The first-order chi connectivity index (χ1) is 15.3. The van der Waals surface area contributed by atoms with Crippen LogP contribution in [-0.2, 0) is 6.42 Å². The van der Waals surface area contributed by atoms with Gasteiger partial charge in [0.2, 0.25) is 5.13 Å². The number of aryl methyl sites for hydroxylation is 1. The molecule has 0 saturated carbocycles. The Morgan fingerprint density at radius 1 is 0.903 bits per heavy atom. The van der Waals surface area contributed by atoms with Crippen LogP contribution < -0.4 is 5.01 Å². The maximum Gasteiger partial charge on any atom is 0.207 e. The normalized spacial score (nSPS) is 19.6. The Labute approximate surface area is 190 Å². The molecule has 152 valence electrons. The molecule has 0 radical (unpaired) electrons. The quantitative estimate of drug-likeness (QED) is 0.342. The van der Waals surface area contributed by atoms with E-state index in [1.165, 1.54) is 22.4 Å². The molecule has 4 aromatic rings. The minimum absolute atomic E-state index is 0.161. The van der Waals surface area contributed by atoms with E-state index in [4.69, 9.17) is 21.7 Å². The first kappa shape index (κ1) is 18.8. The van der Waals surface area contributed by atoms with Crippen molar-refractivity contribution in [2.75, 3.05) is 5.01 Å². The maximum atomic E-state index is 6.06. The fraction of sp³-hybridized carbons (Fsp3) is 0.154. The smallest absolute Gasteiger partial charge is 0.207 e. The number of aromatic nitrogens is 1. The fourth-order valence-electron chi connectivity index (χ4n) is 4.73. The van der Waals surface area contributed by atoms with E-state index in [1.807, 2.05) is 24.3 Å². The Kier molecular flexibility index (Phi) is 4.62. The monoisotopic (exact) mass is 441 g/mol. The van der Waals surface area contributed by atoms with Gasteiger partial charge in [-0.25, -0.2) is 9.99 Å². The number of fused-ring (bicyclic) bond motifs is 3. The van der Waals surface area contributed by atoms with Crippen molar-refractivity contribution in [1.29, 1.82) is 0 Å². The van der Waals surface area contributed by atoms with Gasteiger partial charge >= 0.3 is 0 Å². The zero-order chi connectivity index (χ0) is 20.8. The SMILES string of the molecule is Clc1ccc(-c2csc(N3N=C4c5ccccc5CC[C@@H]4[C@H]3c3ccccc3)n2)cc1. The Bertz CT molecular complexity index is 1260. The predicted molar refractivity (Wildman–Crippen MR) is 129 cm³/mol. The van der Waals surface area contributed by atoms with Crippen LogP contribution in [0.1, 0.15) is 29.2 Å². The summed E-state index contributed by atoms with van der Waals surface area (Å²) in [4.78, 5) is 4.98. The molecular formula is C26H20ClN3S. The van der Waals surface area contributed by atoms with Crippen molar-refractivity contribution >= 4 is 33.8 Å². The average Bonchev–Trinajstić information content (AvgIpc) is 3.45. The standard InChI is InChI=1S/C26H20ClN3S/c27-20-13-10-18(11-14-20)23-16-31-26(28-23)30-25(19-7-2-1-3-8-19)22-15-12-17-6-4-5-9-21(17)24(22)29-30/h1-11,13-14,16,22,25H,12,15H2/t22-,25+/m0/s1. The fourth-order valence-corrected chi connectivity index (χ4v) is 5.67. The number of rotatable bonds is 3. The molecule has 6 rings (SSSR count). The molecule has 0 amide bonds. The zero-order valence-corrected chi connectivity index (χ0v) is 18.4. The molecule has 3 nitrogen and oxygen atoms in total. The lowest BCUT2D eigenvalue weighted by molar-refractivity contribution is 0.509. The second kappa shape index (κ2) is 7.63. The van der Waals surface area contributed by atoms with E-state index in [0.717, 1.165) is 34.3 Å². The Morgan fingerprint density at radius 3 is 2.52 bits per heavy atom. The van der Waals surface area contributed by atoms with Crippen LogP contribution in [0.2, 0.25) is 5.02 Å². The summed E-state index contributed by atoms with van der Waals surface area (Å²) in [6.07, 6.45) is 2.19. The second-order valence-corrected chi connectivity index (χ2v) is 9.28. The van der Waals surface area contributed by atoms with Gasteiger partial charge in [0, 0.05) is 27.4 Å². The van der Waals surface area contributed by atoms with Crippen LogP contribution in [0.15, 0.2) is 89.3 Å². The maximum absolute atomic E-state index is 6.06. The molecule has 0 N–H and O–H groups in total. The third-order valence-corrected chi connectivity index (χ3v) is 7.28. The highest BCUT2D eigenvalue weighted by Crippen LogP contribution is 2.46. The largest absolute Gasteiger partial charge is 0.231 e. The summed E-state index contributed by atoms with van der Waals surface area (Å²) >= 11 is 7.71. The molecule has 1 aliphatic carbocycles. The topological polar surface area (TPSA) is 28.5 Å². The molecule has 3 aromatic carbocycles. The molecule has 31 heavy (non-hydrogen) atoms. The van der Waals surface area contributed by atoms with Crippen LogP contribution in [0.25, 0.3) is 11.3 Å². The first-order valence-electron chi connectivity index (χ1n) is 10.5. The average molecular weight is 442 g/mol. The van der Waals surface area contributed by atoms with Crippen LogP contribution in [0.5, 0.6) is 0 Å². The lowest BCUT2D eigenvalue weighted by Crippen LogP contribution is -2.28. The number of thiazole rings is 1. The van der Waals surface area contributed by atoms with Crippen LogP contribution in [0, 0.1) is 5.92 Å². The lowest BCUT2D eigenvalue weighted by Gasteiger charge is -2.29. The summed E-state index contributed by atoms with van der Waals surface area (Å²) < 4.78 is 0. The molecule has 0 fully saturated rings. The van der Waals surface area contributed by atoms with E-state index in [2.05, 4.69) is 65.0 Å². The third kappa shape index (κ3) is 3.27. The van der Waals surface area contributed by atoms with Gasteiger partial charge in [-0.2, -0.15) is 5.10 Å². The third-order valence-electron chi connectivity index (χ3n) is 6.20. The Balaban J connectivity index is 1.44. The van der Waals surface area contributed by atoms with Crippen LogP contribution in [0.4, 0.5) is 5.13 Å². The van der Waals surface area contributed by atoms with Gasteiger partial charge in [0.15, 0.2) is 0 Å². The van der Waals surface area contributed by atoms with Crippen LogP contribution in [-0.4, -0.2) is 10.7 Å². The number of benzene rings is 3. The van der Waals surface area contributed by atoms with E-state index >= 15 is 0 Å². The van der Waals surface area contributed by atoms with E-state index in [-0.39, 0.29) is 6.04 Å². The minimum atomic E-state index is 0.161. The van der Waals surface area contributed by atoms with Gasteiger partial charge < -0.3 is 0 Å². The molecule has 0 bridgehead atoms. The van der Waals surface area contributed by atoms with Crippen molar-refractivity contribution < 1.29 is 0 Å². The number of hydrogen-bond donors (Lipinski definition) is 0. The summed E-state index contributed by atoms with van der Waals surface area (Å²) in [7, 11) is 0. The predicted octanol–water partition coefficient (Wildman–Crippen LogP) is 6.99. The summed E-state index contributed by atoms with van der Waals surface area (Å²) in [5.74, 6) is 0.361. The van der Waals surface area contributed by atoms with Gasteiger partial charge in [-0.05, 0) is 36.1 Å². The van der Waals surface area contributed by atoms with Crippen molar-refractivity contribution in [1.82, 2.24) is 4.98 Å². The van der Waals surface area contributed by atoms with Gasteiger partial charge in [0.25, 0.3) is 0 Å². The second-order valence-electron chi connectivity index (χ2n) is 8.01. The van der Waals surface area contributed by atoms with Gasteiger partial charge in [-0.15, -0.1) is 11.3 Å². The van der Waals surface area contributed by atoms with Crippen LogP contribution >= 0.6 is 22.9 Å². The van der Waals surface area contributed by atoms with E-state index in [0.29, 0.717) is 5.92 Å². The Morgan fingerprint density at radius 2 is 1.68 bits per heavy atom. The van der Waals surface area contributed by atoms with E-state index in [1.54, 1.807) is 11.3 Å². The van der Waals surface area contributed by atoms with Crippen molar-refractivity contribution in [3.63, 3.8) is 0 Å². The highest BCUT2D eigenvalue weighted by Gasteiger charge is 2.42. The zero-order valence-electron chi connectivity index (χ0n) is 16.8. The van der Waals surface area contributed by atoms with E-state index in [9.17, 15) is 0 Å². The molecular weight excluding hydrogens is 422 g/mol. The van der Waals surface area contributed by atoms with E-state index < -0.39 is 0 Å². The number of hydrazone groups is 1. The summed E-state index contributed by atoms with van der Waals surface area (Å²) in [5.41, 5.74) is 7.19. The molecule has 2 atom stereocenters. The first-order valence-corrected chi connectivity index (χ1v) is 11.8. The number of halogens is 1. The molecule has 1 aliphatic heterocycles. The van der Waals surface area contributed by atoms with Gasteiger partial charge in [-0.1, -0.05) is 78.3 Å². The number of hydrogen-bond acceptors (Lipinski definition) is 4. The molecule has 0 saturated heterocycles. The number of nitrogens with zero attached hydrogens (tertiary/aromatic N) is 3. The van der Waals surface area contributed by atoms with Gasteiger partial charge in [0.1, 0.15) is 0 Å². The molecule has 0 unspecified atom stereocenters. The van der Waals surface area contributed by atoms with Crippen molar-refractivity contribution in [3.05, 3.63) is 106 Å². The summed E-state index contributed by atoms with van der Waals surface area (Å²) in [6, 6.07) is 27.4. The Hall–Kier alpha value is -2.95. The highest BCUT2D eigenvalue weighted by atomic mass is 35.5. The van der Waals surface area contributed by atoms with Crippen LogP contribution in [0.3, 0.4) is 0 Å². The van der Waals surface area contributed by atoms with Crippen molar-refractivity contribution in [2.24, 2.45) is 11.0 Å². The minimum Gasteiger partial charge on any atom is -0.231 e.